The normalized spacial score (nSPS) is 28.2. The molecule has 0 aromatic rings. The molecule has 2 heteroatoms. The SMILES string of the molecule is CCCCCCCCCCSC/C=C1\CCC[C@]2(C)[C@@H]([C@H](C)CCCC(C)(C)O)CC[C@@H]12. The van der Waals surface area contributed by atoms with Gasteiger partial charge in [0.15, 0.2) is 0 Å². The fourth-order valence-electron chi connectivity index (χ4n) is 6.90. The van der Waals surface area contributed by atoms with Crippen LogP contribution >= 0.6 is 11.8 Å². The largest absolute Gasteiger partial charge is 0.390 e. The van der Waals surface area contributed by atoms with E-state index in [9.17, 15) is 5.11 Å². The summed E-state index contributed by atoms with van der Waals surface area (Å²) in [4.78, 5) is 0. The Bertz CT molecular complexity index is 533. The summed E-state index contributed by atoms with van der Waals surface area (Å²) < 4.78 is 0. The van der Waals surface area contributed by atoms with Gasteiger partial charge in [-0.05, 0) is 87.7 Å². The molecule has 4 atom stereocenters. The first-order valence-electron chi connectivity index (χ1n) is 14.3. The summed E-state index contributed by atoms with van der Waals surface area (Å²) >= 11 is 2.17. The number of fused-ring (bicyclic) bond motifs is 1. The lowest BCUT2D eigenvalue weighted by molar-refractivity contribution is 0.0596. The maximum atomic E-state index is 10.1. The van der Waals surface area contributed by atoms with Crippen molar-refractivity contribution in [2.45, 2.75) is 143 Å². The number of unbranched alkanes of at least 4 members (excludes halogenated alkanes) is 7. The summed E-state index contributed by atoms with van der Waals surface area (Å²) in [6.45, 7) is 11.3. The first-order valence-corrected chi connectivity index (χ1v) is 15.4. The first-order chi connectivity index (χ1) is 15.3. The Morgan fingerprint density at radius 1 is 1.06 bits per heavy atom. The summed E-state index contributed by atoms with van der Waals surface area (Å²) in [5.74, 6) is 5.11. The minimum absolute atomic E-state index is 0.505. The van der Waals surface area contributed by atoms with Crippen molar-refractivity contribution in [2.75, 3.05) is 11.5 Å². The molecular formula is C30H56OS. The molecule has 0 spiro atoms. The monoisotopic (exact) mass is 464 g/mol. The molecule has 188 valence electrons. The second-order valence-electron chi connectivity index (χ2n) is 12.1. The van der Waals surface area contributed by atoms with Gasteiger partial charge >= 0.3 is 0 Å². The number of rotatable bonds is 16. The van der Waals surface area contributed by atoms with Gasteiger partial charge in [-0.3, -0.25) is 0 Å². The van der Waals surface area contributed by atoms with Crippen molar-refractivity contribution in [3.05, 3.63) is 11.6 Å². The van der Waals surface area contributed by atoms with Crippen LogP contribution in [0.2, 0.25) is 0 Å². The number of aliphatic hydroxyl groups is 1. The first kappa shape index (κ1) is 28.3. The molecule has 0 amide bonds. The van der Waals surface area contributed by atoms with Crippen LogP contribution in [0.5, 0.6) is 0 Å². The van der Waals surface area contributed by atoms with Gasteiger partial charge in [0.25, 0.3) is 0 Å². The van der Waals surface area contributed by atoms with E-state index in [0.29, 0.717) is 5.41 Å². The molecule has 1 N–H and O–H groups in total. The molecule has 2 aliphatic carbocycles. The molecule has 0 aromatic heterocycles. The second kappa shape index (κ2) is 14.4. The predicted octanol–water partition coefficient (Wildman–Crippen LogP) is 9.58. The van der Waals surface area contributed by atoms with Crippen LogP contribution in [0.3, 0.4) is 0 Å². The quantitative estimate of drug-likeness (QED) is 0.181. The molecule has 1 nitrogen and oxygen atoms in total. The summed E-state index contributed by atoms with van der Waals surface area (Å²) in [5.41, 5.74) is 1.84. The van der Waals surface area contributed by atoms with Crippen molar-refractivity contribution in [3.8, 4) is 0 Å². The Morgan fingerprint density at radius 2 is 1.75 bits per heavy atom. The van der Waals surface area contributed by atoms with Gasteiger partial charge in [-0.25, -0.2) is 0 Å². The van der Waals surface area contributed by atoms with E-state index in [1.165, 1.54) is 108 Å². The molecule has 0 aromatic carbocycles. The van der Waals surface area contributed by atoms with E-state index in [2.05, 4.69) is 38.6 Å². The zero-order chi connectivity index (χ0) is 23.5. The van der Waals surface area contributed by atoms with Crippen molar-refractivity contribution in [3.63, 3.8) is 0 Å². The van der Waals surface area contributed by atoms with E-state index in [1.54, 1.807) is 0 Å². The van der Waals surface area contributed by atoms with E-state index < -0.39 is 5.60 Å². The Balaban J connectivity index is 1.70. The van der Waals surface area contributed by atoms with Crippen LogP contribution in [0.4, 0.5) is 0 Å². The van der Waals surface area contributed by atoms with E-state index >= 15 is 0 Å². The van der Waals surface area contributed by atoms with Crippen LogP contribution in [0.15, 0.2) is 11.6 Å². The molecule has 2 aliphatic rings. The van der Waals surface area contributed by atoms with Gasteiger partial charge in [0.05, 0.1) is 5.60 Å². The zero-order valence-electron chi connectivity index (χ0n) is 22.4. The highest BCUT2D eigenvalue weighted by Crippen LogP contribution is 2.59. The summed E-state index contributed by atoms with van der Waals surface area (Å²) in [6.07, 6.45) is 24.5. The van der Waals surface area contributed by atoms with Crippen LogP contribution in [0.25, 0.3) is 0 Å². The number of hydrogen-bond acceptors (Lipinski definition) is 2. The standard InChI is InChI=1S/C30H56OS/c1-6-7-8-9-10-11-12-13-23-32-24-20-26-17-15-22-30(5)27(18-19-28(26)30)25(2)16-14-21-29(3,4)31/h20,25,27-28,31H,6-19,21-24H2,1-5H3/b26-20+/t25-,27-,28+,30-/m1/s1. The number of thioether (sulfide) groups is 1. The fraction of sp³-hybridized carbons (Fsp3) is 0.933. The third-order valence-electron chi connectivity index (χ3n) is 8.78. The highest BCUT2D eigenvalue weighted by Gasteiger charge is 2.50. The Hall–Kier alpha value is 0.0500. The van der Waals surface area contributed by atoms with Gasteiger partial charge in [-0.15, -0.1) is 0 Å². The van der Waals surface area contributed by atoms with Gasteiger partial charge in [0.2, 0.25) is 0 Å². The van der Waals surface area contributed by atoms with E-state index in [4.69, 9.17) is 0 Å². The van der Waals surface area contributed by atoms with Crippen LogP contribution in [0.1, 0.15) is 137 Å². The Labute approximate surface area is 206 Å². The van der Waals surface area contributed by atoms with E-state index in [1.807, 2.05) is 19.4 Å². The van der Waals surface area contributed by atoms with E-state index in [-0.39, 0.29) is 0 Å². The smallest absolute Gasteiger partial charge is 0.0591 e. The van der Waals surface area contributed by atoms with Crippen LogP contribution in [0, 0.1) is 23.2 Å². The van der Waals surface area contributed by atoms with Crippen molar-refractivity contribution < 1.29 is 5.11 Å². The third kappa shape index (κ3) is 9.36. The molecule has 2 fully saturated rings. The molecule has 32 heavy (non-hydrogen) atoms. The van der Waals surface area contributed by atoms with E-state index in [0.717, 1.165) is 24.2 Å². The maximum Gasteiger partial charge on any atom is 0.0591 e. The minimum atomic E-state index is -0.505. The average Bonchev–Trinajstić information content (AvgIpc) is 3.08. The summed E-state index contributed by atoms with van der Waals surface area (Å²) in [7, 11) is 0. The molecule has 0 unspecified atom stereocenters. The van der Waals surface area contributed by atoms with Gasteiger partial charge in [0.1, 0.15) is 0 Å². The van der Waals surface area contributed by atoms with Crippen molar-refractivity contribution in [2.24, 2.45) is 23.2 Å². The van der Waals surface area contributed by atoms with Gasteiger partial charge < -0.3 is 5.11 Å². The molecule has 2 rings (SSSR count). The molecule has 0 saturated heterocycles. The predicted molar refractivity (Wildman–Crippen MR) is 146 cm³/mol. The lowest BCUT2D eigenvalue weighted by atomic mass is 9.61. The van der Waals surface area contributed by atoms with Crippen molar-refractivity contribution in [1.29, 1.82) is 0 Å². The zero-order valence-corrected chi connectivity index (χ0v) is 23.2. The van der Waals surface area contributed by atoms with Crippen molar-refractivity contribution in [1.82, 2.24) is 0 Å². The maximum absolute atomic E-state index is 10.1. The number of hydrogen-bond donors (Lipinski definition) is 1. The molecule has 0 radical (unpaired) electrons. The summed E-state index contributed by atoms with van der Waals surface area (Å²) in [5, 5.41) is 10.1. The van der Waals surface area contributed by atoms with Crippen LogP contribution in [-0.2, 0) is 0 Å². The number of allylic oxidation sites excluding steroid dienone is 1. The minimum Gasteiger partial charge on any atom is -0.390 e. The van der Waals surface area contributed by atoms with Gasteiger partial charge in [-0.1, -0.05) is 90.2 Å². The highest BCUT2D eigenvalue weighted by atomic mass is 32.2. The second-order valence-corrected chi connectivity index (χ2v) is 13.3. The fourth-order valence-corrected chi connectivity index (χ4v) is 7.81. The van der Waals surface area contributed by atoms with Gasteiger partial charge in [0, 0.05) is 5.75 Å². The van der Waals surface area contributed by atoms with Gasteiger partial charge in [-0.2, -0.15) is 11.8 Å². The molecule has 0 aliphatic heterocycles. The Kier molecular flexibility index (Phi) is 12.8. The third-order valence-corrected chi connectivity index (χ3v) is 9.76. The summed E-state index contributed by atoms with van der Waals surface area (Å²) in [6, 6.07) is 0. The lowest BCUT2D eigenvalue weighted by Gasteiger charge is -2.44. The molecule has 0 bridgehead atoms. The Morgan fingerprint density at radius 3 is 2.44 bits per heavy atom. The molecular weight excluding hydrogens is 408 g/mol. The van der Waals surface area contributed by atoms with Crippen molar-refractivity contribution >= 4 is 11.8 Å². The van der Waals surface area contributed by atoms with Crippen LogP contribution < -0.4 is 0 Å². The topological polar surface area (TPSA) is 20.2 Å². The molecule has 2 saturated carbocycles. The lowest BCUT2D eigenvalue weighted by Crippen LogP contribution is -2.36. The average molecular weight is 465 g/mol. The molecule has 0 heterocycles. The highest BCUT2D eigenvalue weighted by molar-refractivity contribution is 7.99. The van der Waals surface area contributed by atoms with Crippen LogP contribution in [-0.4, -0.2) is 22.2 Å².